The molecule has 2 aromatic rings. The third-order valence-corrected chi connectivity index (χ3v) is 3.77. The number of ketones is 1. The first-order valence-electron chi connectivity index (χ1n) is 8.52. The zero-order chi connectivity index (χ0) is 17.9. The molecule has 0 bridgehead atoms. The van der Waals surface area contributed by atoms with Gasteiger partial charge in [-0.1, -0.05) is 60.7 Å². The molecule has 0 aliphatic heterocycles. The standard InChI is InChI=1S/C21H24O4/c1-17(22)25-20(16-24-15-18-9-4-2-5-10-18)13-8-14-21(23)19-11-6-3-7-12-19/h2-7,9-12,20H,8,13-16H2,1H3. The number of Topliss-reactive ketones (excluding diaryl/α,β-unsaturated/α-hetero) is 1. The van der Waals surface area contributed by atoms with Gasteiger partial charge in [0.15, 0.2) is 5.78 Å². The third-order valence-electron chi connectivity index (χ3n) is 3.77. The van der Waals surface area contributed by atoms with Gasteiger partial charge in [-0.2, -0.15) is 0 Å². The van der Waals surface area contributed by atoms with E-state index in [4.69, 9.17) is 9.47 Å². The molecule has 4 nitrogen and oxygen atoms in total. The SMILES string of the molecule is CC(=O)OC(CCCC(=O)c1ccccc1)COCc1ccccc1. The lowest BCUT2D eigenvalue weighted by molar-refractivity contribution is -0.150. The summed E-state index contributed by atoms with van der Waals surface area (Å²) in [6, 6.07) is 19.1. The Bertz CT molecular complexity index is 652. The Hall–Kier alpha value is -2.46. The monoisotopic (exact) mass is 340 g/mol. The molecule has 0 aromatic heterocycles. The highest BCUT2D eigenvalue weighted by molar-refractivity contribution is 5.95. The van der Waals surface area contributed by atoms with Crippen molar-refractivity contribution in [2.45, 2.75) is 38.9 Å². The molecule has 2 rings (SSSR count). The fourth-order valence-electron chi connectivity index (χ4n) is 2.55. The van der Waals surface area contributed by atoms with Gasteiger partial charge in [0, 0.05) is 18.9 Å². The maximum Gasteiger partial charge on any atom is 0.302 e. The number of carbonyl (C=O) groups excluding carboxylic acids is 2. The van der Waals surface area contributed by atoms with Crippen LogP contribution in [0.2, 0.25) is 0 Å². The number of hydrogen-bond acceptors (Lipinski definition) is 4. The van der Waals surface area contributed by atoms with E-state index in [2.05, 4.69) is 0 Å². The van der Waals surface area contributed by atoms with Gasteiger partial charge in [-0.25, -0.2) is 0 Å². The van der Waals surface area contributed by atoms with E-state index in [1.54, 1.807) is 0 Å². The zero-order valence-corrected chi connectivity index (χ0v) is 14.5. The van der Waals surface area contributed by atoms with E-state index in [1.165, 1.54) is 6.92 Å². The summed E-state index contributed by atoms with van der Waals surface area (Å²) in [5, 5.41) is 0. The lowest BCUT2D eigenvalue weighted by Crippen LogP contribution is -2.22. The van der Waals surface area contributed by atoms with Crippen molar-refractivity contribution in [1.29, 1.82) is 0 Å². The van der Waals surface area contributed by atoms with Crippen LogP contribution in [0.1, 0.15) is 42.1 Å². The minimum absolute atomic E-state index is 0.104. The van der Waals surface area contributed by atoms with Crippen LogP contribution < -0.4 is 0 Å². The molecule has 0 N–H and O–H groups in total. The van der Waals surface area contributed by atoms with Crippen molar-refractivity contribution in [2.24, 2.45) is 0 Å². The van der Waals surface area contributed by atoms with Crippen molar-refractivity contribution < 1.29 is 19.1 Å². The summed E-state index contributed by atoms with van der Waals surface area (Å²) in [4.78, 5) is 23.4. The van der Waals surface area contributed by atoms with E-state index >= 15 is 0 Å². The van der Waals surface area contributed by atoms with Gasteiger partial charge in [0.1, 0.15) is 6.10 Å². The molecule has 25 heavy (non-hydrogen) atoms. The van der Waals surface area contributed by atoms with Crippen LogP contribution in [0, 0.1) is 0 Å². The average molecular weight is 340 g/mol. The smallest absolute Gasteiger partial charge is 0.302 e. The molecule has 0 aliphatic rings. The van der Waals surface area contributed by atoms with E-state index in [0.717, 1.165) is 5.56 Å². The van der Waals surface area contributed by atoms with Gasteiger partial charge in [0.05, 0.1) is 13.2 Å². The Morgan fingerprint density at radius 1 is 0.960 bits per heavy atom. The van der Waals surface area contributed by atoms with Crippen molar-refractivity contribution in [1.82, 2.24) is 0 Å². The lowest BCUT2D eigenvalue weighted by Gasteiger charge is -2.17. The molecule has 4 heteroatoms. The molecule has 0 radical (unpaired) electrons. The lowest BCUT2D eigenvalue weighted by atomic mass is 10.0. The Morgan fingerprint density at radius 3 is 2.24 bits per heavy atom. The number of rotatable bonds is 10. The van der Waals surface area contributed by atoms with Crippen molar-refractivity contribution in [3.63, 3.8) is 0 Å². The molecule has 0 aliphatic carbocycles. The van der Waals surface area contributed by atoms with Crippen LogP contribution in [0.4, 0.5) is 0 Å². The Labute approximate surface area is 148 Å². The molecule has 0 saturated heterocycles. The quantitative estimate of drug-likeness (QED) is 0.481. The maximum atomic E-state index is 12.1. The zero-order valence-electron chi connectivity index (χ0n) is 14.5. The molecule has 0 amide bonds. The first kappa shape index (κ1) is 18.9. The predicted octanol–water partition coefficient (Wildman–Crippen LogP) is 4.19. The fourth-order valence-corrected chi connectivity index (χ4v) is 2.55. The van der Waals surface area contributed by atoms with Crippen LogP contribution in [0.15, 0.2) is 60.7 Å². The third kappa shape index (κ3) is 7.31. The maximum absolute atomic E-state index is 12.1. The molecular formula is C21H24O4. The minimum Gasteiger partial charge on any atom is -0.460 e. The molecule has 0 heterocycles. The second-order valence-corrected chi connectivity index (χ2v) is 5.91. The van der Waals surface area contributed by atoms with Crippen LogP contribution in [-0.2, 0) is 20.9 Å². The van der Waals surface area contributed by atoms with Gasteiger partial charge < -0.3 is 9.47 Å². The van der Waals surface area contributed by atoms with Gasteiger partial charge in [-0.15, -0.1) is 0 Å². The van der Waals surface area contributed by atoms with Crippen molar-refractivity contribution >= 4 is 11.8 Å². The highest BCUT2D eigenvalue weighted by atomic mass is 16.6. The van der Waals surface area contributed by atoms with Crippen LogP contribution in [0.3, 0.4) is 0 Å². The van der Waals surface area contributed by atoms with Crippen LogP contribution >= 0.6 is 0 Å². The number of esters is 1. The first-order valence-corrected chi connectivity index (χ1v) is 8.52. The summed E-state index contributed by atoms with van der Waals surface area (Å²) < 4.78 is 11.0. The van der Waals surface area contributed by atoms with Gasteiger partial charge >= 0.3 is 5.97 Å². The second kappa shape index (κ2) is 10.4. The summed E-state index contributed by atoms with van der Waals surface area (Å²) in [6.07, 6.45) is 1.36. The molecule has 0 saturated carbocycles. The van der Waals surface area contributed by atoms with Crippen LogP contribution in [0.5, 0.6) is 0 Å². The van der Waals surface area contributed by atoms with Gasteiger partial charge in [-0.05, 0) is 18.4 Å². The average Bonchev–Trinajstić information content (AvgIpc) is 2.62. The van der Waals surface area contributed by atoms with E-state index in [-0.39, 0.29) is 17.9 Å². The number of benzene rings is 2. The Balaban J connectivity index is 1.75. The topological polar surface area (TPSA) is 52.6 Å². The van der Waals surface area contributed by atoms with Crippen molar-refractivity contribution in [2.75, 3.05) is 6.61 Å². The second-order valence-electron chi connectivity index (χ2n) is 5.91. The van der Waals surface area contributed by atoms with E-state index in [1.807, 2.05) is 60.7 Å². The molecule has 0 spiro atoms. The molecule has 132 valence electrons. The van der Waals surface area contributed by atoms with Crippen molar-refractivity contribution in [3.8, 4) is 0 Å². The highest BCUT2D eigenvalue weighted by Gasteiger charge is 2.14. The van der Waals surface area contributed by atoms with E-state index in [0.29, 0.717) is 38.0 Å². The molecule has 1 unspecified atom stereocenters. The van der Waals surface area contributed by atoms with Crippen LogP contribution in [0.25, 0.3) is 0 Å². The molecule has 2 aromatic carbocycles. The first-order chi connectivity index (χ1) is 12.1. The molecule has 1 atom stereocenters. The summed E-state index contributed by atoms with van der Waals surface area (Å²) in [6.45, 7) is 2.19. The molecular weight excluding hydrogens is 316 g/mol. The number of hydrogen-bond donors (Lipinski definition) is 0. The highest BCUT2D eigenvalue weighted by Crippen LogP contribution is 2.12. The Morgan fingerprint density at radius 2 is 1.60 bits per heavy atom. The number of carbonyl (C=O) groups is 2. The van der Waals surface area contributed by atoms with Crippen LogP contribution in [-0.4, -0.2) is 24.5 Å². The van der Waals surface area contributed by atoms with E-state index < -0.39 is 0 Å². The van der Waals surface area contributed by atoms with Gasteiger partial charge in [0.2, 0.25) is 0 Å². The summed E-state index contributed by atoms with van der Waals surface area (Å²) in [5.74, 6) is -0.227. The largest absolute Gasteiger partial charge is 0.460 e. The Kier molecular flexibility index (Phi) is 7.86. The predicted molar refractivity (Wildman–Crippen MR) is 96.3 cm³/mol. The van der Waals surface area contributed by atoms with Crippen molar-refractivity contribution in [3.05, 3.63) is 71.8 Å². The van der Waals surface area contributed by atoms with Gasteiger partial charge in [0.25, 0.3) is 0 Å². The van der Waals surface area contributed by atoms with Gasteiger partial charge in [-0.3, -0.25) is 9.59 Å². The summed E-state index contributed by atoms with van der Waals surface area (Å²) in [5.41, 5.74) is 1.79. The summed E-state index contributed by atoms with van der Waals surface area (Å²) in [7, 11) is 0. The normalized spacial score (nSPS) is 11.7. The van der Waals surface area contributed by atoms with E-state index in [9.17, 15) is 9.59 Å². The minimum atomic E-state index is -0.331. The summed E-state index contributed by atoms with van der Waals surface area (Å²) >= 11 is 0. The number of ether oxygens (including phenoxy) is 2. The molecule has 0 fully saturated rings. The fraction of sp³-hybridized carbons (Fsp3) is 0.333.